The summed E-state index contributed by atoms with van der Waals surface area (Å²) in [5.41, 5.74) is 0. The van der Waals surface area contributed by atoms with Crippen LogP contribution in [0.4, 0.5) is 4.79 Å². The number of hydrogen-bond donors (Lipinski definition) is 0. The van der Waals surface area contributed by atoms with Crippen LogP contribution in [0.25, 0.3) is 0 Å². The molecule has 4 heteroatoms. The minimum absolute atomic E-state index is 0.137. The minimum atomic E-state index is -0.371. The summed E-state index contributed by atoms with van der Waals surface area (Å²) in [6.07, 6.45) is 1.63. The van der Waals surface area contributed by atoms with Crippen LogP contribution in [0.15, 0.2) is 0 Å². The number of ether oxygens (including phenoxy) is 1. The molecule has 1 heterocycles. The monoisotopic (exact) mass is 173 g/mol. The van der Waals surface area contributed by atoms with Crippen molar-refractivity contribution in [1.82, 2.24) is 5.06 Å². The van der Waals surface area contributed by atoms with E-state index in [2.05, 4.69) is 0 Å². The minimum Gasteiger partial charge on any atom is -0.448 e. The number of nitrogens with zero attached hydrogens (tertiary/aromatic N) is 1. The van der Waals surface area contributed by atoms with Crippen LogP contribution >= 0.6 is 0 Å². The molecular weight excluding hydrogens is 158 g/mol. The lowest BCUT2D eigenvalue weighted by atomic mass is 10.2. The van der Waals surface area contributed by atoms with E-state index in [0.717, 1.165) is 12.8 Å². The average Bonchev–Trinajstić information content (AvgIpc) is 2.05. The first kappa shape index (κ1) is 9.32. The van der Waals surface area contributed by atoms with Gasteiger partial charge in [-0.05, 0) is 26.7 Å². The molecule has 0 aromatic rings. The Labute approximate surface area is 72.4 Å². The van der Waals surface area contributed by atoms with Crippen LogP contribution in [0.1, 0.15) is 26.7 Å². The van der Waals surface area contributed by atoms with Gasteiger partial charge in [0.05, 0.1) is 19.3 Å². The van der Waals surface area contributed by atoms with E-state index >= 15 is 0 Å². The number of amides is 1. The third-order valence-corrected chi connectivity index (χ3v) is 1.84. The fourth-order valence-electron chi connectivity index (χ4n) is 1.21. The van der Waals surface area contributed by atoms with Gasteiger partial charge in [0.25, 0.3) is 0 Å². The highest BCUT2D eigenvalue weighted by atomic mass is 16.7. The Bertz CT molecular complexity index is 160. The lowest BCUT2D eigenvalue weighted by Gasteiger charge is -2.30. The van der Waals surface area contributed by atoms with Crippen molar-refractivity contribution in [3.05, 3.63) is 0 Å². The molecule has 1 fully saturated rings. The Kier molecular flexibility index (Phi) is 3.34. The summed E-state index contributed by atoms with van der Waals surface area (Å²) in [6, 6.07) is 0.137. The standard InChI is InChI=1S/C8H15NO3/c1-3-11-8(10)9-7(2)5-4-6-12-9/h7H,3-6H2,1-2H3. The van der Waals surface area contributed by atoms with E-state index in [-0.39, 0.29) is 12.1 Å². The van der Waals surface area contributed by atoms with Gasteiger partial charge >= 0.3 is 6.09 Å². The topological polar surface area (TPSA) is 38.8 Å². The van der Waals surface area contributed by atoms with E-state index in [1.807, 2.05) is 6.92 Å². The molecule has 0 aliphatic carbocycles. The normalized spacial score (nSPS) is 23.8. The molecule has 0 aromatic heterocycles. The predicted octanol–water partition coefficient (Wildman–Crippen LogP) is 1.56. The molecular formula is C8H15NO3. The first-order valence-corrected chi connectivity index (χ1v) is 4.34. The van der Waals surface area contributed by atoms with E-state index in [4.69, 9.17) is 9.57 Å². The second-order valence-corrected chi connectivity index (χ2v) is 2.85. The lowest BCUT2D eigenvalue weighted by molar-refractivity contribution is -0.181. The highest BCUT2D eigenvalue weighted by Crippen LogP contribution is 2.14. The molecule has 1 unspecified atom stereocenters. The van der Waals surface area contributed by atoms with E-state index in [9.17, 15) is 4.79 Å². The van der Waals surface area contributed by atoms with Crippen molar-refractivity contribution in [2.75, 3.05) is 13.2 Å². The maximum atomic E-state index is 11.2. The summed E-state index contributed by atoms with van der Waals surface area (Å²) in [4.78, 5) is 16.4. The SMILES string of the molecule is CCOC(=O)N1OCCCC1C. The molecule has 0 radical (unpaired) electrons. The molecule has 0 saturated carbocycles. The van der Waals surface area contributed by atoms with Crippen LogP contribution in [0.3, 0.4) is 0 Å². The Morgan fingerprint density at radius 3 is 3.08 bits per heavy atom. The summed E-state index contributed by atoms with van der Waals surface area (Å²) in [7, 11) is 0. The highest BCUT2D eigenvalue weighted by molar-refractivity contribution is 5.66. The van der Waals surface area contributed by atoms with Crippen molar-refractivity contribution in [2.24, 2.45) is 0 Å². The third-order valence-electron chi connectivity index (χ3n) is 1.84. The first-order chi connectivity index (χ1) is 5.75. The molecule has 0 aromatic carbocycles. The Hall–Kier alpha value is -0.770. The number of rotatable bonds is 1. The molecule has 12 heavy (non-hydrogen) atoms. The van der Waals surface area contributed by atoms with E-state index in [1.54, 1.807) is 6.92 Å². The molecule has 0 spiro atoms. The van der Waals surface area contributed by atoms with Gasteiger partial charge in [-0.15, -0.1) is 0 Å². The fourth-order valence-corrected chi connectivity index (χ4v) is 1.21. The molecule has 1 atom stereocenters. The second-order valence-electron chi connectivity index (χ2n) is 2.85. The van der Waals surface area contributed by atoms with Gasteiger partial charge < -0.3 is 4.74 Å². The predicted molar refractivity (Wildman–Crippen MR) is 43.5 cm³/mol. The molecule has 1 saturated heterocycles. The maximum absolute atomic E-state index is 11.2. The van der Waals surface area contributed by atoms with Gasteiger partial charge in [0.1, 0.15) is 0 Å². The number of carbonyl (C=O) groups excluding carboxylic acids is 1. The summed E-state index contributed by atoms with van der Waals surface area (Å²) in [6.45, 7) is 4.75. The highest BCUT2D eigenvalue weighted by Gasteiger charge is 2.25. The van der Waals surface area contributed by atoms with E-state index in [0.29, 0.717) is 13.2 Å². The van der Waals surface area contributed by atoms with Gasteiger partial charge in [-0.2, -0.15) is 5.06 Å². The van der Waals surface area contributed by atoms with Crippen molar-refractivity contribution in [3.63, 3.8) is 0 Å². The molecule has 1 aliphatic rings. The van der Waals surface area contributed by atoms with E-state index in [1.165, 1.54) is 5.06 Å². The molecule has 1 rings (SSSR count). The van der Waals surface area contributed by atoms with Gasteiger partial charge in [0, 0.05) is 0 Å². The van der Waals surface area contributed by atoms with Crippen molar-refractivity contribution in [1.29, 1.82) is 0 Å². The maximum Gasteiger partial charge on any atom is 0.434 e. The molecule has 0 N–H and O–H groups in total. The van der Waals surface area contributed by atoms with Gasteiger partial charge in [0.2, 0.25) is 0 Å². The van der Waals surface area contributed by atoms with Crippen LogP contribution in [-0.4, -0.2) is 30.4 Å². The van der Waals surface area contributed by atoms with Crippen LogP contribution < -0.4 is 0 Å². The summed E-state index contributed by atoms with van der Waals surface area (Å²) in [5, 5.41) is 1.33. The Morgan fingerprint density at radius 1 is 1.75 bits per heavy atom. The smallest absolute Gasteiger partial charge is 0.434 e. The zero-order chi connectivity index (χ0) is 8.97. The van der Waals surface area contributed by atoms with Crippen LogP contribution in [0.5, 0.6) is 0 Å². The van der Waals surface area contributed by atoms with E-state index < -0.39 is 0 Å². The summed E-state index contributed by atoms with van der Waals surface area (Å²) in [5.74, 6) is 0. The summed E-state index contributed by atoms with van der Waals surface area (Å²) < 4.78 is 4.81. The first-order valence-electron chi connectivity index (χ1n) is 4.34. The molecule has 1 amide bonds. The van der Waals surface area contributed by atoms with Crippen molar-refractivity contribution < 1.29 is 14.4 Å². The fraction of sp³-hybridized carbons (Fsp3) is 0.875. The van der Waals surface area contributed by atoms with Crippen LogP contribution in [-0.2, 0) is 9.57 Å². The van der Waals surface area contributed by atoms with Gasteiger partial charge in [-0.3, -0.25) is 4.84 Å². The Morgan fingerprint density at radius 2 is 2.50 bits per heavy atom. The third kappa shape index (κ3) is 2.11. The molecule has 1 aliphatic heterocycles. The largest absolute Gasteiger partial charge is 0.448 e. The number of carbonyl (C=O) groups is 1. The quantitative estimate of drug-likeness (QED) is 0.604. The Balaban J connectivity index is 2.42. The molecule has 4 nitrogen and oxygen atoms in total. The summed E-state index contributed by atoms with van der Waals surface area (Å²) >= 11 is 0. The molecule has 0 bridgehead atoms. The molecule has 70 valence electrons. The average molecular weight is 173 g/mol. The number of hydroxylamine groups is 2. The zero-order valence-electron chi connectivity index (χ0n) is 7.58. The number of hydrogen-bond acceptors (Lipinski definition) is 3. The lowest BCUT2D eigenvalue weighted by Crippen LogP contribution is -2.42. The van der Waals surface area contributed by atoms with Crippen molar-refractivity contribution in [3.8, 4) is 0 Å². The van der Waals surface area contributed by atoms with Gasteiger partial charge in [-0.1, -0.05) is 0 Å². The zero-order valence-corrected chi connectivity index (χ0v) is 7.58. The second kappa shape index (κ2) is 4.30. The van der Waals surface area contributed by atoms with Crippen LogP contribution in [0, 0.1) is 0 Å². The van der Waals surface area contributed by atoms with Crippen molar-refractivity contribution >= 4 is 6.09 Å². The van der Waals surface area contributed by atoms with Crippen molar-refractivity contribution in [2.45, 2.75) is 32.7 Å². The van der Waals surface area contributed by atoms with Gasteiger partial charge in [-0.25, -0.2) is 4.79 Å². The van der Waals surface area contributed by atoms with Gasteiger partial charge in [0.15, 0.2) is 0 Å². The van der Waals surface area contributed by atoms with Crippen LogP contribution in [0.2, 0.25) is 0 Å².